The van der Waals surface area contributed by atoms with E-state index >= 15 is 0 Å². The number of nitrogens with one attached hydrogen (secondary N) is 1. The van der Waals surface area contributed by atoms with Crippen molar-refractivity contribution >= 4 is 22.6 Å². The molecule has 158 valence electrons. The first-order chi connectivity index (χ1) is 14.9. The molecule has 0 aliphatic heterocycles. The Morgan fingerprint density at radius 1 is 1.03 bits per heavy atom. The number of anilines is 1. The summed E-state index contributed by atoms with van der Waals surface area (Å²) in [7, 11) is 1.57. The van der Waals surface area contributed by atoms with Crippen molar-refractivity contribution in [1.29, 1.82) is 0 Å². The first-order valence-electron chi connectivity index (χ1n) is 9.42. The molecule has 0 aliphatic rings. The maximum Gasteiger partial charge on any atom is 0.417 e. The number of rotatable bonds is 5. The van der Waals surface area contributed by atoms with Gasteiger partial charge < -0.3 is 10.1 Å². The zero-order valence-corrected chi connectivity index (χ0v) is 16.5. The van der Waals surface area contributed by atoms with Crippen molar-refractivity contribution in [2.24, 2.45) is 0 Å². The van der Waals surface area contributed by atoms with Crippen molar-refractivity contribution in [3.05, 3.63) is 89.7 Å². The Bertz CT molecular complexity index is 1230. The lowest BCUT2D eigenvalue weighted by atomic mass is 10.1. The second kappa shape index (κ2) is 8.23. The van der Waals surface area contributed by atoms with Crippen molar-refractivity contribution in [2.75, 3.05) is 12.4 Å². The quantitative estimate of drug-likeness (QED) is 0.463. The summed E-state index contributed by atoms with van der Waals surface area (Å²) in [6, 6.07) is 19.2. The van der Waals surface area contributed by atoms with Crippen molar-refractivity contribution in [3.8, 4) is 5.69 Å². The summed E-state index contributed by atoms with van der Waals surface area (Å²) in [6.45, 7) is 0.268. The van der Waals surface area contributed by atoms with Gasteiger partial charge in [0, 0.05) is 18.5 Å². The molecule has 4 rings (SSSR count). The van der Waals surface area contributed by atoms with Crippen LogP contribution in [0.15, 0.2) is 72.8 Å². The molecular formula is C23H18F3N3O2. The molecule has 0 aliphatic carbocycles. The molecule has 31 heavy (non-hydrogen) atoms. The molecule has 1 aromatic heterocycles. The highest BCUT2D eigenvalue weighted by molar-refractivity contribution is 6.06. The summed E-state index contributed by atoms with van der Waals surface area (Å²) in [4.78, 5) is 17.2. The standard InChI is InChI=1S/C23H18F3N3O2/c1-31-14-21-28-19-12-11-15(13-20(19)29(21)16-7-3-2-4-8-16)27-22(30)17-9-5-6-10-18(17)23(24,25)26/h2-13H,14H2,1H3,(H,27,30). The van der Waals surface area contributed by atoms with E-state index in [1.54, 1.807) is 25.3 Å². The van der Waals surface area contributed by atoms with Crippen LogP contribution in [0.25, 0.3) is 16.7 Å². The topological polar surface area (TPSA) is 56.1 Å². The molecule has 1 heterocycles. The van der Waals surface area contributed by atoms with Crippen molar-refractivity contribution < 1.29 is 22.7 Å². The van der Waals surface area contributed by atoms with Gasteiger partial charge in [0.25, 0.3) is 5.91 Å². The van der Waals surface area contributed by atoms with Crippen LogP contribution < -0.4 is 5.32 Å². The average molecular weight is 425 g/mol. The number of nitrogens with zero attached hydrogens (tertiary/aromatic N) is 2. The van der Waals surface area contributed by atoms with Crippen molar-refractivity contribution in [1.82, 2.24) is 9.55 Å². The Morgan fingerprint density at radius 3 is 2.45 bits per heavy atom. The van der Waals surface area contributed by atoms with Gasteiger partial charge in [-0.15, -0.1) is 0 Å². The SMILES string of the molecule is COCc1nc2ccc(NC(=O)c3ccccc3C(F)(F)F)cc2n1-c1ccccc1. The van der Waals surface area contributed by atoms with Gasteiger partial charge in [-0.3, -0.25) is 9.36 Å². The average Bonchev–Trinajstić information content (AvgIpc) is 3.11. The van der Waals surface area contributed by atoms with Gasteiger partial charge in [0.05, 0.1) is 22.2 Å². The zero-order valence-electron chi connectivity index (χ0n) is 16.5. The number of imidazole rings is 1. The fourth-order valence-corrected chi connectivity index (χ4v) is 3.42. The lowest BCUT2D eigenvalue weighted by Gasteiger charge is -2.13. The van der Waals surface area contributed by atoms with E-state index in [4.69, 9.17) is 4.74 Å². The third-order valence-electron chi connectivity index (χ3n) is 4.75. The summed E-state index contributed by atoms with van der Waals surface area (Å²) in [6.07, 6.45) is -4.63. The van der Waals surface area contributed by atoms with E-state index in [2.05, 4.69) is 10.3 Å². The molecule has 0 saturated carbocycles. The molecule has 5 nitrogen and oxygen atoms in total. The number of amides is 1. The van der Waals surface area contributed by atoms with Crippen LogP contribution in [0.3, 0.4) is 0 Å². The number of fused-ring (bicyclic) bond motifs is 1. The number of carbonyl (C=O) groups is 1. The molecule has 1 N–H and O–H groups in total. The zero-order chi connectivity index (χ0) is 22.0. The summed E-state index contributed by atoms with van der Waals surface area (Å²) >= 11 is 0. The largest absolute Gasteiger partial charge is 0.417 e. The van der Waals surface area contributed by atoms with Crippen LogP contribution in [0.1, 0.15) is 21.7 Å². The van der Waals surface area contributed by atoms with E-state index in [0.717, 1.165) is 17.8 Å². The number of carbonyl (C=O) groups excluding carboxylic acids is 1. The second-order valence-corrected chi connectivity index (χ2v) is 6.83. The number of aromatic nitrogens is 2. The normalized spacial score (nSPS) is 11.6. The summed E-state index contributed by atoms with van der Waals surface area (Å²) in [5.41, 5.74) is 1.15. The number of para-hydroxylation sites is 1. The predicted octanol–water partition coefficient (Wildman–Crippen LogP) is 5.44. The number of hydrogen-bond donors (Lipinski definition) is 1. The molecule has 0 saturated heterocycles. The highest BCUT2D eigenvalue weighted by Gasteiger charge is 2.34. The highest BCUT2D eigenvalue weighted by atomic mass is 19.4. The Balaban J connectivity index is 1.75. The monoisotopic (exact) mass is 425 g/mol. The number of methoxy groups -OCH3 is 1. The fraction of sp³-hybridized carbons (Fsp3) is 0.130. The molecule has 4 aromatic rings. The van der Waals surface area contributed by atoms with Gasteiger partial charge in [0.15, 0.2) is 0 Å². The van der Waals surface area contributed by atoms with Crippen molar-refractivity contribution in [3.63, 3.8) is 0 Å². The molecule has 3 aromatic carbocycles. The van der Waals surface area contributed by atoms with Crippen LogP contribution >= 0.6 is 0 Å². The third-order valence-corrected chi connectivity index (χ3v) is 4.75. The molecule has 0 unspecified atom stereocenters. The van der Waals surface area contributed by atoms with E-state index in [9.17, 15) is 18.0 Å². The molecule has 0 atom stereocenters. The Morgan fingerprint density at radius 2 is 1.74 bits per heavy atom. The van der Waals surface area contributed by atoms with Crippen molar-refractivity contribution in [2.45, 2.75) is 12.8 Å². The van der Waals surface area contributed by atoms with Gasteiger partial charge in [-0.2, -0.15) is 13.2 Å². The maximum absolute atomic E-state index is 13.3. The number of alkyl halides is 3. The Kier molecular flexibility index (Phi) is 5.48. The number of halogens is 3. The predicted molar refractivity (Wildman–Crippen MR) is 111 cm³/mol. The lowest BCUT2D eigenvalue weighted by Crippen LogP contribution is -2.18. The Hall–Kier alpha value is -3.65. The lowest BCUT2D eigenvalue weighted by molar-refractivity contribution is -0.137. The molecule has 0 spiro atoms. The minimum Gasteiger partial charge on any atom is -0.377 e. The van der Waals surface area contributed by atoms with E-state index in [0.29, 0.717) is 22.5 Å². The van der Waals surface area contributed by atoms with E-state index in [1.165, 1.54) is 12.1 Å². The second-order valence-electron chi connectivity index (χ2n) is 6.83. The third kappa shape index (κ3) is 4.15. The Labute approximate surface area is 176 Å². The van der Waals surface area contributed by atoms with Crippen LogP contribution in [0.4, 0.5) is 18.9 Å². The molecule has 0 bridgehead atoms. The van der Waals surface area contributed by atoms with Gasteiger partial charge in [-0.05, 0) is 42.5 Å². The number of benzene rings is 3. The summed E-state index contributed by atoms with van der Waals surface area (Å²) < 4.78 is 46.9. The van der Waals surface area contributed by atoms with Gasteiger partial charge >= 0.3 is 6.18 Å². The molecule has 0 radical (unpaired) electrons. The summed E-state index contributed by atoms with van der Waals surface area (Å²) in [5, 5.41) is 2.57. The highest BCUT2D eigenvalue weighted by Crippen LogP contribution is 2.32. The molecule has 8 heteroatoms. The van der Waals surface area contributed by atoms with Crippen LogP contribution in [0, 0.1) is 0 Å². The molecular weight excluding hydrogens is 407 g/mol. The smallest absolute Gasteiger partial charge is 0.377 e. The van der Waals surface area contributed by atoms with Gasteiger partial charge in [0.1, 0.15) is 12.4 Å². The first-order valence-corrected chi connectivity index (χ1v) is 9.42. The van der Waals surface area contributed by atoms with Crippen LogP contribution in [-0.4, -0.2) is 22.6 Å². The maximum atomic E-state index is 13.3. The van der Waals surface area contributed by atoms with Crippen LogP contribution in [0.5, 0.6) is 0 Å². The van der Waals surface area contributed by atoms with E-state index < -0.39 is 23.2 Å². The van der Waals surface area contributed by atoms with Crippen LogP contribution in [0.2, 0.25) is 0 Å². The minimum atomic E-state index is -4.63. The van der Waals surface area contributed by atoms with E-state index in [-0.39, 0.29) is 6.61 Å². The van der Waals surface area contributed by atoms with Gasteiger partial charge in [0.2, 0.25) is 0 Å². The summed E-state index contributed by atoms with van der Waals surface area (Å²) in [5.74, 6) is -0.176. The number of hydrogen-bond acceptors (Lipinski definition) is 3. The first kappa shape index (κ1) is 20.6. The van der Waals surface area contributed by atoms with Gasteiger partial charge in [-0.25, -0.2) is 4.98 Å². The minimum absolute atomic E-state index is 0.268. The van der Waals surface area contributed by atoms with Gasteiger partial charge in [-0.1, -0.05) is 30.3 Å². The number of ether oxygens (including phenoxy) is 1. The fourth-order valence-electron chi connectivity index (χ4n) is 3.42. The molecule has 1 amide bonds. The molecule has 0 fully saturated rings. The van der Waals surface area contributed by atoms with Crippen LogP contribution in [-0.2, 0) is 17.5 Å². The van der Waals surface area contributed by atoms with E-state index in [1.807, 2.05) is 34.9 Å².